The molecule has 5 amide bonds. The highest BCUT2D eigenvalue weighted by Gasteiger charge is 2.43. The van der Waals surface area contributed by atoms with Crippen molar-refractivity contribution in [2.24, 2.45) is 0 Å². The van der Waals surface area contributed by atoms with Gasteiger partial charge >= 0.3 is 0 Å². The van der Waals surface area contributed by atoms with E-state index < -0.39 is 47.0 Å². The monoisotopic (exact) mass is 952 g/mol. The number of nitrogens with one attached hydrogen (secondary N) is 3. The number of aryl methyl sites for hydroxylation is 1. The van der Waals surface area contributed by atoms with Crippen molar-refractivity contribution in [2.75, 3.05) is 59.7 Å². The van der Waals surface area contributed by atoms with Gasteiger partial charge in [0.25, 0.3) is 11.8 Å². The molecule has 3 aromatic carbocycles. The Morgan fingerprint density at radius 3 is 2.42 bits per heavy atom. The Morgan fingerprint density at radius 2 is 1.70 bits per heavy atom. The first kappa shape index (κ1) is 44.4. The van der Waals surface area contributed by atoms with Gasteiger partial charge in [-0.2, -0.15) is 0 Å². The van der Waals surface area contributed by atoms with Crippen LogP contribution < -0.4 is 25.8 Å². The van der Waals surface area contributed by atoms with Gasteiger partial charge in [0.05, 0.1) is 41.3 Å². The van der Waals surface area contributed by atoms with Crippen LogP contribution in [-0.2, 0) is 38.7 Å². The Balaban J connectivity index is 0.739. The van der Waals surface area contributed by atoms with Crippen molar-refractivity contribution >= 4 is 74.7 Å². The second-order valence-corrected chi connectivity index (χ2v) is 19.1. The van der Waals surface area contributed by atoms with Gasteiger partial charge in [0.15, 0.2) is 11.2 Å². The Morgan fingerprint density at radius 1 is 0.925 bits per heavy atom. The topological polar surface area (TPSA) is 185 Å². The number of thiazole rings is 1. The fraction of sp³-hybridized carbons (Fsp3) is 0.383. The third kappa shape index (κ3) is 8.82. The summed E-state index contributed by atoms with van der Waals surface area (Å²) in [5, 5.41) is 21.8. The van der Waals surface area contributed by atoms with Gasteiger partial charge in [-0.15, -0.1) is 11.3 Å². The standard InChI is InChI=1S/C47H47ClF2N10O6S/c48-33-22-29(53-36-7-8-38(61)54-43(36)63)23-35(50)41(33)58-13-9-47(66,10-14-58)24-39(62)57-17-15-56(16-18-57)30-5-3-27(4-6-30)28-20-31-32(34(49)21-28)25-60(45(31)65)42(44(64)55-46-51-11-19-67-46)40-37-2-1-12-59(37)26-52-40/h3-6,11,19-23,26,36,42,53,66H,1-2,7-10,12-18,24-25H2,(H,51,55,64)(H,54,61,63)/t36-,42?/m0/s1. The van der Waals surface area contributed by atoms with Gasteiger partial charge in [-0.25, -0.2) is 18.7 Å². The molecule has 0 bridgehead atoms. The van der Waals surface area contributed by atoms with E-state index in [1.165, 1.54) is 34.4 Å². The first-order valence-corrected chi connectivity index (χ1v) is 23.6. The quantitative estimate of drug-likeness (QED) is 0.123. The summed E-state index contributed by atoms with van der Waals surface area (Å²) >= 11 is 7.80. The van der Waals surface area contributed by atoms with E-state index >= 15 is 8.78 Å². The van der Waals surface area contributed by atoms with Crippen molar-refractivity contribution in [1.29, 1.82) is 0 Å². The summed E-state index contributed by atoms with van der Waals surface area (Å²) in [7, 11) is 0. The summed E-state index contributed by atoms with van der Waals surface area (Å²) < 4.78 is 33.4. The zero-order chi connectivity index (χ0) is 46.6. The number of piperidine rings is 2. The van der Waals surface area contributed by atoms with Crippen LogP contribution in [0.2, 0.25) is 5.02 Å². The maximum absolute atomic E-state index is 16.0. The molecule has 16 nitrogen and oxygen atoms in total. The van der Waals surface area contributed by atoms with Crippen molar-refractivity contribution in [2.45, 2.75) is 75.7 Å². The van der Waals surface area contributed by atoms with Gasteiger partial charge in [0.1, 0.15) is 17.7 Å². The fourth-order valence-electron chi connectivity index (χ4n) is 9.94. The molecule has 5 aromatic rings. The molecule has 0 radical (unpaired) electrons. The summed E-state index contributed by atoms with van der Waals surface area (Å²) in [6.45, 7) is 3.24. The zero-order valence-corrected chi connectivity index (χ0v) is 37.8. The van der Waals surface area contributed by atoms with Crippen molar-refractivity contribution < 1.29 is 37.9 Å². The van der Waals surface area contributed by atoms with E-state index in [1.807, 2.05) is 28.8 Å². The number of anilines is 4. The molecule has 4 N–H and O–H groups in total. The highest BCUT2D eigenvalue weighted by atomic mass is 35.5. The molecule has 5 aliphatic rings. The number of aliphatic hydroxyl groups is 1. The van der Waals surface area contributed by atoms with Gasteiger partial charge in [-0.05, 0) is 79.6 Å². The molecule has 3 saturated heterocycles. The van der Waals surface area contributed by atoms with E-state index in [9.17, 15) is 29.1 Å². The van der Waals surface area contributed by atoms with Gasteiger partial charge in [0, 0.05) is 92.0 Å². The fourth-order valence-corrected chi connectivity index (χ4v) is 10.8. The van der Waals surface area contributed by atoms with Crippen molar-refractivity contribution in [3.05, 3.63) is 106 Å². The number of fused-ring (bicyclic) bond motifs is 2. The lowest BCUT2D eigenvalue weighted by Gasteiger charge is -2.41. The van der Waals surface area contributed by atoms with Crippen molar-refractivity contribution in [3.63, 3.8) is 0 Å². The molecule has 7 heterocycles. The van der Waals surface area contributed by atoms with Gasteiger partial charge in [-0.3, -0.25) is 34.6 Å². The van der Waals surface area contributed by atoms with E-state index in [1.54, 1.807) is 33.8 Å². The molecule has 5 aliphatic heterocycles. The minimum absolute atomic E-state index is 0.0654. The van der Waals surface area contributed by atoms with Crippen LogP contribution in [0.1, 0.15) is 71.9 Å². The number of rotatable bonds is 11. The number of halogens is 3. The zero-order valence-electron chi connectivity index (χ0n) is 36.3. The number of hydrogen-bond acceptors (Lipinski definition) is 12. The molecule has 2 atom stereocenters. The molecule has 2 aromatic heterocycles. The Kier molecular flexibility index (Phi) is 11.9. The Bertz CT molecular complexity index is 2750. The first-order valence-electron chi connectivity index (χ1n) is 22.4. The number of imide groups is 1. The van der Waals surface area contributed by atoms with Crippen LogP contribution in [0.15, 0.2) is 66.4 Å². The lowest BCUT2D eigenvalue weighted by molar-refractivity contribution is -0.138. The predicted molar refractivity (Wildman–Crippen MR) is 247 cm³/mol. The van der Waals surface area contributed by atoms with Crippen molar-refractivity contribution in [1.82, 2.24) is 29.7 Å². The normalized spacial score (nSPS) is 19.6. The molecule has 0 saturated carbocycles. The van der Waals surface area contributed by atoms with E-state index in [0.29, 0.717) is 53.8 Å². The minimum Gasteiger partial charge on any atom is -0.389 e. The number of benzene rings is 3. The highest BCUT2D eigenvalue weighted by molar-refractivity contribution is 7.13. The van der Waals surface area contributed by atoms with Crippen LogP contribution in [0.25, 0.3) is 11.1 Å². The third-order valence-electron chi connectivity index (χ3n) is 13.6. The highest BCUT2D eigenvalue weighted by Crippen LogP contribution is 2.40. The third-order valence-corrected chi connectivity index (χ3v) is 14.6. The second kappa shape index (κ2) is 18.0. The second-order valence-electron chi connectivity index (χ2n) is 17.8. The maximum Gasteiger partial charge on any atom is 0.255 e. The molecular formula is C47H47ClF2N10O6S. The predicted octanol–water partition coefficient (Wildman–Crippen LogP) is 5.51. The number of hydrogen-bond donors (Lipinski definition) is 4. The summed E-state index contributed by atoms with van der Waals surface area (Å²) in [5.74, 6) is -3.04. The molecule has 0 aliphatic carbocycles. The molecular weight excluding hydrogens is 906 g/mol. The molecule has 1 unspecified atom stereocenters. The SMILES string of the molecule is O=C1CC[C@H](Nc2cc(F)c(N3CCC(O)(CC(=O)N4CCN(c5ccc(-c6cc(F)c7c(c6)C(=O)N(C(C(=O)Nc6nccs6)c6ncn8c6CCC8)C7)cc5)CC4)CC3)c(Cl)c2)C(=O)N1. The molecule has 3 fully saturated rings. The number of imidazole rings is 1. The van der Waals surface area contributed by atoms with Crippen LogP contribution in [0.4, 0.5) is 31.0 Å². The molecule has 10 rings (SSSR count). The average Bonchev–Trinajstić information content (AvgIpc) is 4.13. The van der Waals surface area contributed by atoms with E-state index in [0.717, 1.165) is 30.8 Å². The summed E-state index contributed by atoms with van der Waals surface area (Å²) in [6, 6.07) is 11.7. The van der Waals surface area contributed by atoms with Crippen LogP contribution >= 0.6 is 22.9 Å². The number of aromatic nitrogens is 3. The summed E-state index contributed by atoms with van der Waals surface area (Å²) in [6.07, 6.45) is 5.74. The van der Waals surface area contributed by atoms with Crippen LogP contribution in [0.5, 0.6) is 0 Å². The summed E-state index contributed by atoms with van der Waals surface area (Å²) in [4.78, 5) is 81.0. The van der Waals surface area contributed by atoms with E-state index in [4.69, 9.17) is 11.6 Å². The van der Waals surface area contributed by atoms with E-state index in [2.05, 4.69) is 30.8 Å². The van der Waals surface area contributed by atoms with Crippen LogP contribution in [0, 0.1) is 11.6 Å². The first-order chi connectivity index (χ1) is 32.3. The van der Waals surface area contributed by atoms with Crippen molar-refractivity contribution in [3.8, 4) is 11.1 Å². The Hall–Kier alpha value is -6.44. The Labute approximate surface area is 392 Å². The number of piperazine rings is 1. The number of carbonyl (C=O) groups is 5. The number of amides is 5. The smallest absolute Gasteiger partial charge is 0.255 e. The van der Waals surface area contributed by atoms with E-state index in [-0.39, 0.29) is 85.4 Å². The van der Waals surface area contributed by atoms with Crippen LogP contribution in [-0.4, -0.2) is 110 Å². The molecule has 20 heteroatoms. The lowest BCUT2D eigenvalue weighted by atomic mass is 9.87. The average molecular weight is 953 g/mol. The molecule has 348 valence electrons. The largest absolute Gasteiger partial charge is 0.389 e. The molecule has 67 heavy (non-hydrogen) atoms. The number of carbonyl (C=O) groups excluding carboxylic acids is 5. The van der Waals surface area contributed by atoms with Crippen LogP contribution in [0.3, 0.4) is 0 Å². The minimum atomic E-state index is -1.27. The van der Waals surface area contributed by atoms with Gasteiger partial charge in [-0.1, -0.05) is 23.7 Å². The lowest BCUT2D eigenvalue weighted by Crippen LogP contribution is -2.52. The van der Waals surface area contributed by atoms with Gasteiger partial charge in [0.2, 0.25) is 17.7 Å². The summed E-state index contributed by atoms with van der Waals surface area (Å²) in [5.41, 5.74) is 3.17. The van der Waals surface area contributed by atoms with Gasteiger partial charge < -0.3 is 34.6 Å². The number of nitrogens with zero attached hydrogens (tertiary/aromatic N) is 7. The maximum atomic E-state index is 16.0. The molecule has 0 spiro atoms.